The van der Waals surface area contributed by atoms with E-state index in [4.69, 9.17) is 9.47 Å². The fourth-order valence-corrected chi connectivity index (χ4v) is 3.00. The van der Waals surface area contributed by atoms with Crippen molar-refractivity contribution in [3.63, 3.8) is 0 Å². The topological polar surface area (TPSA) is 84.9 Å². The van der Waals surface area contributed by atoms with Crippen molar-refractivity contribution in [1.29, 1.82) is 0 Å². The summed E-state index contributed by atoms with van der Waals surface area (Å²) in [7, 11) is 0. The van der Waals surface area contributed by atoms with Crippen LogP contribution in [-0.2, 0) is 16.2 Å². The summed E-state index contributed by atoms with van der Waals surface area (Å²) >= 11 is 3.46. The van der Waals surface area contributed by atoms with Crippen LogP contribution >= 0.6 is 15.9 Å². The zero-order chi connectivity index (χ0) is 20.7. The van der Waals surface area contributed by atoms with E-state index in [0.29, 0.717) is 34.7 Å². The minimum atomic E-state index is -1.23. The van der Waals surface area contributed by atoms with Crippen LogP contribution in [0, 0.1) is 6.92 Å². The molecule has 0 aliphatic heterocycles. The van der Waals surface area contributed by atoms with Gasteiger partial charge in [0.2, 0.25) is 5.91 Å². The SMILES string of the molecule is CCOc1cc(/C=C(/NC(C)=O)C(=O)O)cc(Br)c1OCc1ccc(C)cc1. The Balaban J connectivity index is 2.33. The Bertz CT molecular complexity index is 890. The van der Waals surface area contributed by atoms with E-state index >= 15 is 0 Å². The fraction of sp³-hybridized carbons (Fsp3) is 0.238. The number of carboxylic acid groups (broad SMARTS) is 1. The van der Waals surface area contributed by atoms with Crippen LogP contribution in [0.1, 0.15) is 30.5 Å². The van der Waals surface area contributed by atoms with Gasteiger partial charge in [-0.05, 0) is 59.1 Å². The number of hydrogen-bond acceptors (Lipinski definition) is 4. The van der Waals surface area contributed by atoms with E-state index in [1.165, 1.54) is 18.6 Å². The molecule has 0 saturated heterocycles. The van der Waals surface area contributed by atoms with Crippen molar-refractivity contribution in [3.05, 3.63) is 63.3 Å². The molecule has 2 rings (SSSR count). The molecular formula is C21H22BrNO5. The largest absolute Gasteiger partial charge is 0.490 e. The Morgan fingerprint density at radius 1 is 1.18 bits per heavy atom. The Kier molecular flexibility index (Phi) is 7.63. The third kappa shape index (κ3) is 6.13. The van der Waals surface area contributed by atoms with Crippen molar-refractivity contribution in [2.75, 3.05) is 6.61 Å². The maximum Gasteiger partial charge on any atom is 0.352 e. The minimum Gasteiger partial charge on any atom is -0.490 e. The van der Waals surface area contributed by atoms with Crippen LogP contribution < -0.4 is 14.8 Å². The number of benzene rings is 2. The highest BCUT2D eigenvalue weighted by molar-refractivity contribution is 9.10. The predicted octanol–water partition coefficient (Wildman–Crippen LogP) is 4.30. The number of amides is 1. The molecule has 0 fully saturated rings. The van der Waals surface area contributed by atoms with Gasteiger partial charge in [-0.2, -0.15) is 0 Å². The monoisotopic (exact) mass is 447 g/mol. The van der Waals surface area contributed by atoms with E-state index in [9.17, 15) is 14.7 Å². The van der Waals surface area contributed by atoms with E-state index in [-0.39, 0.29) is 5.70 Å². The first-order chi connectivity index (χ1) is 13.3. The second kappa shape index (κ2) is 9.94. The van der Waals surface area contributed by atoms with Crippen molar-refractivity contribution in [3.8, 4) is 11.5 Å². The Hall–Kier alpha value is -2.80. The predicted molar refractivity (Wildman–Crippen MR) is 110 cm³/mol. The number of carbonyl (C=O) groups is 2. The quantitative estimate of drug-likeness (QED) is 0.589. The smallest absolute Gasteiger partial charge is 0.352 e. The summed E-state index contributed by atoms with van der Waals surface area (Å²) in [5.74, 6) is -0.696. The van der Waals surface area contributed by atoms with Crippen molar-refractivity contribution < 1.29 is 24.2 Å². The molecule has 2 N–H and O–H groups in total. The molecule has 1 amide bonds. The lowest BCUT2D eigenvalue weighted by Gasteiger charge is -2.15. The lowest BCUT2D eigenvalue weighted by Crippen LogP contribution is -2.24. The van der Waals surface area contributed by atoms with Gasteiger partial charge >= 0.3 is 5.97 Å². The maximum absolute atomic E-state index is 11.3. The van der Waals surface area contributed by atoms with Crippen LogP contribution in [0.3, 0.4) is 0 Å². The minimum absolute atomic E-state index is 0.227. The van der Waals surface area contributed by atoms with E-state index < -0.39 is 11.9 Å². The first kappa shape index (κ1) is 21.5. The van der Waals surface area contributed by atoms with E-state index in [0.717, 1.165) is 5.56 Å². The van der Waals surface area contributed by atoms with Gasteiger partial charge in [0.1, 0.15) is 12.3 Å². The highest BCUT2D eigenvalue weighted by atomic mass is 79.9. The molecule has 0 aromatic heterocycles. The number of aliphatic carboxylic acids is 1. The first-order valence-corrected chi connectivity index (χ1v) is 9.46. The number of nitrogens with one attached hydrogen (secondary N) is 1. The van der Waals surface area contributed by atoms with Crippen LogP contribution in [0.15, 0.2) is 46.6 Å². The van der Waals surface area contributed by atoms with Gasteiger partial charge in [0.05, 0.1) is 11.1 Å². The highest BCUT2D eigenvalue weighted by Gasteiger charge is 2.14. The zero-order valence-corrected chi connectivity index (χ0v) is 17.5. The van der Waals surface area contributed by atoms with Gasteiger partial charge < -0.3 is 19.9 Å². The summed E-state index contributed by atoms with van der Waals surface area (Å²) in [5, 5.41) is 11.6. The number of hydrogen-bond donors (Lipinski definition) is 2. The van der Waals surface area contributed by atoms with Crippen molar-refractivity contribution in [2.24, 2.45) is 0 Å². The summed E-state index contributed by atoms with van der Waals surface area (Å²) in [6.07, 6.45) is 1.36. The molecule has 0 heterocycles. The number of ether oxygens (including phenoxy) is 2. The molecule has 2 aromatic rings. The fourth-order valence-electron chi connectivity index (χ4n) is 2.42. The van der Waals surface area contributed by atoms with Crippen molar-refractivity contribution in [1.82, 2.24) is 5.32 Å². The van der Waals surface area contributed by atoms with Gasteiger partial charge in [0.15, 0.2) is 11.5 Å². The van der Waals surface area contributed by atoms with E-state index in [1.54, 1.807) is 12.1 Å². The average Bonchev–Trinajstić information content (AvgIpc) is 2.62. The normalized spacial score (nSPS) is 11.1. The number of carboxylic acids is 1. The molecule has 0 unspecified atom stereocenters. The highest BCUT2D eigenvalue weighted by Crippen LogP contribution is 2.38. The molecule has 0 aliphatic carbocycles. The molecule has 0 radical (unpaired) electrons. The van der Waals surface area contributed by atoms with Gasteiger partial charge in [0, 0.05) is 6.92 Å². The Labute approximate surface area is 172 Å². The molecule has 0 saturated carbocycles. The van der Waals surface area contributed by atoms with Crippen LogP contribution in [0.25, 0.3) is 6.08 Å². The van der Waals surface area contributed by atoms with Crippen LogP contribution in [0.5, 0.6) is 11.5 Å². The standard InChI is InChI=1S/C21H22BrNO5/c1-4-27-19-11-16(10-18(21(25)26)23-14(3)24)9-17(22)20(19)28-12-15-7-5-13(2)6-8-15/h5-11H,4,12H2,1-3H3,(H,23,24)(H,25,26)/b18-10+. The van der Waals surface area contributed by atoms with Crippen LogP contribution in [-0.4, -0.2) is 23.6 Å². The lowest BCUT2D eigenvalue weighted by atomic mass is 10.1. The van der Waals surface area contributed by atoms with E-state index in [2.05, 4.69) is 21.2 Å². The molecule has 6 nitrogen and oxygen atoms in total. The molecule has 28 heavy (non-hydrogen) atoms. The molecule has 0 aliphatic rings. The summed E-state index contributed by atoms with van der Waals surface area (Å²) in [4.78, 5) is 22.5. The molecule has 7 heteroatoms. The number of aryl methyl sites for hydroxylation is 1. The first-order valence-electron chi connectivity index (χ1n) is 8.67. The van der Waals surface area contributed by atoms with Gasteiger partial charge in [0.25, 0.3) is 0 Å². The van der Waals surface area contributed by atoms with Gasteiger partial charge in [-0.3, -0.25) is 4.79 Å². The average molecular weight is 448 g/mol. The second-order valence-corrected chi connectivity index (χ2v) is 6.94. The molecule has 0 spiro atoms. The van der Waals surface area contributed by atoms with Crippen LogP contribution in [0.4, 0.5) is 0 Å². The number of carbonyl (C=O) groups excluding carboxylic acids is 1. The van der Waals surface area contributed by atoms with E-state index in [1.807, 2.05) is 38.1 Å². The summed E-state index contributed by atoms with van der Waals surface area (Å²) in [6.45, 7) is 5.89. The summed E-state index contributed by atoms with van der Waals surface area (Å²) in [5.41, 5.74) is 2.51. The summed E-state index contributed by atoms with van der Waals surface area (Å²) < 4.78 is 12.2. The zero-order valence-electron chi connectivity index (χ0n) is 15.9. The molecule has 2 aromatic carbocycles. The third-order valence-electron chi connectivity index (χ3n) is 3.69. The molecular weight excluding hydrogens is 426 g/mol. The van der Waals surface area contributed by atoms with Gasteiger partial charge in [-0.15, -0.1) is 0 Å². The van der Waals surface area contributed by atoms with Gasteiger partial charge in [-0.1, -0.05) is 29.8 Å². The van der Waals surface area contributed by atoms with Gasteiger partial charge in [-0.25, -0.2) is 4.79 Å². The molecule has 148 valence electrons. The van der Waals surface area contributed by atoms with Crippen molar-refractivity contribution in [2.45, 2.75) is 27.4 Å². The summed E-state index contributed by atoms with van der Waals surface area (Å²) in [6, 6.07) is 11.4. The third-order valence-corrected chi connectivity index (χ3v) is 4.28. The Morgan fingerprint density at radius 2 is 1.86 bits per heavy atom. The second-order valence-electron chi connectivity index (χ2n) is 6.08. The number of halogens is 1. The molecule has 0 bridgehead atoms. The molecule has 0 atom stereocenters. The number of rotatable bonds is 8. The Morgan fingerprint density at radius 3 is 2.43 bits per heavy atom. The van der Waals surface area contributed by atoms with Crippen molar-refractivity contribution >= 4 is 33.9 Å². The lowest BCUT2D eigenvalue weighted by molar-refractivity contribution is -0.134. The maximum atomic E-state index is 11.3. The van der Waals surface area contributed by atoms with Crippen LogP contribution in [0.2, 0.25) is 0 Å².